The summed E-state index contributed by atoms with van der Waals surface area (Å²) in [6, 6.07) is 0. The predicted octanol–water partition coefficient (Wildman–Crippen LogP) is 6.15. The molecule has 2 N–H and O–H groups in total. The van der Waals surface area contributed by atoms with Crippen molar-refractivity contribution in [3.8, 4) is 0 Å². The van der Waals surface area contributed by atoms with Gasteiger partial charge in [0.1, 0.15) is 0 Å². The van der Waals surface area contributed by atoms with Crippen LogP contribution in [0.4, 0.5) is 0 Å². The summed E-state index contributed by atoms with van der Waals surface area (Å²) < 4.78 is 5.31. The first-order chi connectivity index (χ1) is 16.3. The van der Waals surface area contributed by atoms with Gasteiger partial charge in [-0.15, -0.1) is 0 Å². The zero-order valence-corrected chi connectivity index (χ0v) is 23.3. The first kappa shape index (κ1) is 25.8. The highest BCUT2D eigenvalue weighted by atomic mass is 16.5. The van der Waals surface area contributed by atoms with Crippen LogP contribution in [0.3, 0.4) is 0 Å². The van der Waals surface area contributed by atoms with Gasteiger partial charge in [-0.25, -0.2) is 0 Å². The summed E-state index contributed by atoms with van der Waals surface area (Å²) in [7, 11) is 1.55. The molecule has 0 radical (unpaired) electrons. The predicted molar refractivity (Wildman–Crippen MR) is 138 cm³/mol. The molecular formula is C31H50O4. The van der Waals surface area contributed by atoms with Crippen LogP contribution >= 0.6 is 0 Å². The molecule has 35 heavy (non-hydrogen) atoms. The molecule has 4 fully saturated rings. The fraction of sp³-hybridized carbons (Fsp3) is 0.903. The lowest BCUT2D eigenvalue weighted by atomic mass is 9.34. The summed E-state index contributed by atoms with van der Waals surface area (Å²) in [6.07, 6.45) is 11.6. The number of aliphatic hydroxyl groups is 2. The number of ether oxygens (including phenoxy) is 1. The van der Waals surface area contributed by atoms with Crippen molar-refractivity contribution in [3.63, 3.8) is 0 Å². The molecule has 198 valence electrons. The largest absolute Gasteiger partial charge is 0.469 e. The van der Waals surface area contributed by atoms with Crippen LogP contribution in [0.1, 0.15) is 99.3 Å². The lowest BCUT2D eigenvalue weighted by Crippen LogP contribution is -2.66. The van der Waals surface area contributed by atoms with Gasteiger partial charge in [-0.3, -0.25) is 4.79 Å². The van der Waals surface area contributed by atoms with Crippen molar-refractivity contribution < 1.29 is 19.7 Å². The molecule has 5 rings (SSSR count). The number of carbonyl (C=O) groups excluding carboxylic acids is 1. The van der Waals surface area contributed by atoms with Crippen molar-refractivity contribution in [1.82, 2.24) is 0 Å². The highest BCUT2D eigenvalue weighted by Crippen LogP contribution is 2.74. The number of esters is 1. The molecule has 4 saturated carbocycles. The van der Waals surface area contributed by atoms with Crippen LogP contribution in [0.5, 0.6) is 0 Å². The summed E-state index contributed by atoms with van der Waals surface area (Å²) in [6.45, 7) is 14.5. The van der Waals surface area contributed by atoms with E-state index in [-0.39, 0.29) is 51.7 Å². The third-order valence-corrected chi connectivity index (χ3v) is 13.0. The van der Waals surface area contributed by atoms with Gasteiger partial charge >= 0.3 is 5.97 Å². The van der Waals surface area contributed by atoms with Crippen molar-refractivity contribution in [3.05, 3.63) is 11.6 Å². The first-order valence-electron chi connectivity index (χ1n) is 14.3. The molecule has 5 unspecified atom stereocenters. The summed E-state index contributed by atoms with van der Waals surface area (Å²) in [5.74, 6) is 1.62. The standard InChI is InChI=1S/C31H50O4/c1-27(2)16-20-19(21(17-27)26(34)35-7)10-13-29(5)22(20)8-9-24-30(29,6)14-11-23-28(3,4)25(33)12-15-31(23,24)18-32/h8,19-21,23-25,32-33H,9-18H2,1-7H3/t19?,20?,21-,23?,24?,25?,29-,30-,31-/m1/s1. The Labute approximate surface area is 213 Å². The van der Waals surface area contributed by atoms with Crippen molar-refractivity contribution in [2.75, 3.05) is 13.7 Å². The Hall–Kier alpha value is -0.870. The number of hydrogen-bond donors (Lipinski definition) is 2. The van der Waals surface area contributed by atoms with E-state index in [1.54, 1.807) is 12.7 Å². The molecule has 5 aliphatic rings. The molecule has 0 aromatic rings. The van der Waals surface area contributed by atoms with Gasteiger partial charge in [-0.2, -0.15) is 0 Å². The van der Waals surface area contributed by atoms with Crippen molar-refractivity contribution in [2.24, 2.45) is 56.7 Å². The third kappa shape index (κ3) is 3.33. The zero-order chi connectivity index (χ0) is 25.6. The fourth-order valence-electron chi connectivity index (χ4n) is 11.0. The minimum atomic E-state index is -0.281. The van der Waals surface area contributed by atoms with Crippen LogP contribution in [0.2, 0.25) is 0 Å². The maximum absolute atomic E-state index is 12.9. The highest BCUT2D eigenvalue weighted by molar-refractivity contribution is 5.73. The average Bonchev–Trinajstić information content (AvgIpc) is 2.80. The Morgan fingerprint density at radius 2 is 1.71 bits per heavy atom. The van der Waals surface area contributed by atoms with Crippen molar-refractivity contribution in [2.45, 2.75) is 105 Å². The summed E-state index contributed by atoms with van der Waals surface area (Å²) >= 11 is 0. The number of rotatable bonds is 2. The topological polar surface area (TPSA) is 66.8 Å². The van der Waals surface area contributed by atoms with Crippen LogP contribution in [0.15, 0.2) is 11.6 Å². The Balaban J connectivity index is 1.57. The lowest BCUT2D eigenvalue weighted by molar-refractivity contribution is -0.220. The fourth-order valence-corrected chi connectivity index (χ4v) is 11.0. The Kier molecular flexibility index (Phi) is 5.94. The smallest absolute Gasteiger partial charge is 0.308 e. The minimum Gasteiger partial charge on any atom is -0.469 e. The van der Waals surface area contributed by atoms with E-state index in [2.05, 4.69) is 47.6 Å². The maximum atomic E-state index is 12.9. The Morgan fingerprint density at radius 1 is 1.00 bits per heavy atom. The monoisotopic (exact) mass is 486 g/mol. The van der Waals surface area contributed by atoms with Gasteiger partial charge in [0.2, 0.25) is 0 Å². The van der Waals surface area contributed by atoms with Crippen LogP contribution in [0, 0.1) is 56.7 Å². The molecule has 5 aliphatic carbocycles. The molecule has 4 heteroatoms. The number of methoxy groups -OCH3 is 1. The maximum Gasteiger partial charge on any atom is 0.308 e. The molecule has 0 spiro atoms. The molecule has 0 bridgehead atoms. The van der Waals surface area contributed by atoms with Crippen LogP contribution < -0.4 is 0 Å². The Morgan fingerprint density at radius 3 is 2.37 bits per heavy atom. The highest BCUT2D eigenvalue weighted by Gasteiger charge is 2.68. The van der Waals surface area contributed by atoms with Crippen LogP contribution in [-0.2, 0) is 9.53 Å². The molecule has 0 amide bonds. The van der Waals surface area contributed by atoms with E-state index in [1.807, 2.05) is 0 Å². The van der Waals surface area contributed by atoms with Gasteiger partial charge in [0.15, 0.2) is 0 Å². The number of fused-ring (bicyclic) bond motifs is 7. The van der Waals surface area contributed by atoms with Gasteiger partial charge in [0.05, 0.1) is 19.1 Å². The molecule has 0 saturated heterocycles. The molecule has 0 heterocycles. The normalized spacial score (nSPS) is 50.0. The number of hydrogen-bond acceptors (Lipinski definition) is 4. The van der Waals surface area contributed by atoms with E-state index in [0.717, 1.165) is 57.8 Å². The van der Waals surface area contributed by atoms with Gasteiger partial charge in [0.25, 0.3) is 0 Å². The number of carbonyl (C=O) groups is 1. The molecule has 0 aromatic carbocycles. The van der Waals surface area contributed by atoms with Gasteiger partial charge in [-0.05, 0) is 103 Å². The molecule has 0 aliphatic heterocycles. The van der Waals surface area contributed by atoms with E-state index in [9.17, 15) is 15.0 Å². The summed E-state index contributed by atoms with van der Waals surface area (Å²) in [5, 5.41) is 22.0. The third-order valence-electron chi connectivity index (χ3n) is 13.0. The van der Waals surface area contributed by atoms with Gasteiger partial charge in [-0.1, -0.05) is 53.2 Å². The minimum absolute atomic E-state index is 0.00452. The molecule has 0 aromatic heterocycles. The van der Waals surface area contributed by atoms with E-state index in [1.165, 1.54) is 0 Å². The number of aliphatic hydroxyl groups excluding tert-OH is 2. The zero-order valence-electron chi connectivity index (χ0n) is 23.3. The van der Waals surface area contributed by atoms with E-state index in [4.69, 9.17) is 4.74 Å². The van der Waals surface area contributed by atoms with Crippen LogP contribution in [0.25, 0.3) is 0 Å². The number of allylic oxidation sites excluding steroid dienone is 2. The van der Waals surface area contributed by atoms with E-state index >= 15 is 0 Å². The lowest BCUT2D eigenvalue weighted by Gasteiger charge is -2.71. The second kappa shape index (κ2) is 8.06. The van der Waals surface area contributed by atoms with Crippen molar-refractivity contribution in [1.29, 1.82) is 0 Å². The first-order valence-corrected chi connectivity index (χ1v) is 14.3. The molecular weight excluding hydrogens is 436 g/mol. The Bertz CT molecular complexity index is 904. The van der Waals surface area contributed by atoms with Crippen molar-refractivity contribution >= 4 is 5.97 Å². The van der Waals surface area contributed by atoms with E-state index in [0.29, 0.717) is 23.7 Å². The van der Waals surface area contributed by atoms with Gasteiger partial charge in [0, 0.05) is 12.0 Å². The molecule has 4 nitrogen and oxygen atoms in total. The average molecular weight is 487 g/mol. The summed E-state index contributed by atoms with van der Waals surface area (Å²) in [4.78, 5) is 12.9. The quantitative estimate of drug-likeness (QED) is 0.363. The second-order valence-electron chi connectivity index (χ2n) is 15.1. The second-order valence-corrected chi connectivity index (χ2v) is 15.1. The van der Waals surface area contributed by atoms with Gasteiger partial charge < -0.3 is 14.9 Å². The molecule has 9 atom stereocenters. The van der Waals surface area contributed by atoms with E-state index < -0.39 is 0 Å². The SMILES string of the molecule is COC(=O)[C@@H]1CC(C)(C)CC2C3=CCC4[C@@]5(CO)CCC(O)C(C)(C)C5CC[C@@]4(C)[C@]3(C)CCC21. The summed E-state index contributed by atoms with van der Waals surface area (Å²) in [5.41, 5.74) is 1.70. The van der Waals surface area contributed by atoms with Crippen LogP contribution in [-0.4, -0.2) is 36.0 Å².